The lowest BCUT2D eigenvalue weighted by atomic mass is 9.79. The molecule has 4 N–H and O–H groups in total. The molecule has 0 aliphatic heterocycles. The van der Waals surface area contributed by atoms with Crippen LogP contribution in [-0.4, -0.2) is 50.0 Å². The van der Waals surface area contributed by atoms with E-state index in [1.54, 1.807) is 6.92 Å². The summed E-state index contributed by atoms with van der Waals surface area (Å²) < 4.78 is 0.282. The van der Waals surface area contributed by atoms with Gasteiger partial charge in [-0.3, -0.25) is 19.2 Å². The monoisotopic (exact) mass is 562 g/mol. The highest BCUT2D eigenvalue weighted by Crippen LogP contribution is 2.34. The first-order chi connectivity index (χ1) is 15.0. The van der Waals surface area contributed by atoms with E-state index in [4.69, 9.17) is 0 Å². The molecule has 1 saturated carbocycles. The number of aliphatic carboxylic acids is 2. The SMILES string of the molecule is CCNC(=O)C1CC(C(=O)NC2CCCC(C)(I)CCC2)=CC(C(=O)O)CC(C(=O)O)C1. The first-order valence-corrected chi connectivity index (χ1v) is 12.5. The fraction of sp³-hybridized carbons (Fsp3) is 0.739. The van der Waals surface area contributed by atoms with Crippen LogP contribution in [0.15, 0.2) is 11.6 Å². The van der Waals surface area contributed by atoms with Gasteiger partial charge >= 0.3 is 11.9 Å². The van der Waals surface area contributed by atoms with Gasteiger partial charge in [0.05, 0.1) is 11.8 Å². The Morgan fingerprint density at radius 3 is 2.22 bits per heavy atom. The van der Waals surface area contributed by atoms with Crippen LogP contribution in [-0.2, 0) is 19.2 Å². The summed E-state index contributed by atoms with van der Waals surface area (Å²) >= 11 is 2.51. The lowest BCUT2D eigenvalue weighted by Gasteiger charge is -2.30. The van der Waals surface area contributed by atoms with Crippen molar-refractivity contribution < 1.29 is 29.4 Å². The predicted molar refractivity (Wildman–Crippen MR) is 128 cm³/mol. The molecule has 9 heteroatoms. The van der Waals surface area contributed by atoms with Gasteiger partial charge in [0.2, 0.25) is 11.8 Å². The number of alkyl halides is 1. The normalized spacial score (nSPS) is 31.7. The highest BCUT2D eigenvalue weighted by molar-refractivity contribution is 14.1. The van der Waals surface area contributed by atoms with Crippen molar-refractivity contribution in [1.29, 1.82) is 0 Å². The maximum absolute atomic E-state index is 13.1. The summed E-state index contributed by atoms with van der Waals surface area (Å²) in [6, 6.07) is 0.0132. The average molecular weight is 562 g/mol. The van der Waals surface area contributed by atoms with Crippen LogP contribution in [0.2, 0.25) is 0 Å². The maximum Gasteiger partial charge on any atom is 0.310 e. The van der Waals surface area contributed by atoms with E-state index in [1.165, 1.54) is 6.08 Å². The number of carbonyl (C=O) groups excluding carboxylic acids is 2. The summed E-state index contributed by atoms with van der Waals surface area (Å²) in [6.45, 7) is 4.42. The molecule has 32 heavy (non-hydrogen) atoms. The number of carboxylic acids is 2. The Labute approximate surface area is 203 Å². The molecule has 0 saturated heterocycles. The molecule has 0 spiro atoms. The van der Waals surface area contributed by atoms with Gasteiger partial charge in [-0.2, -0.15) is 0 Å². The average Bonchev–Trinajstić information content (AvgIpc) is 2.65. The fourth-order valence-corrected chi connectivity index (χ4v) is 5.42. The molecule has 3 atom stereocenters. The molecule has 3 unspecified atom stereocenters. The minimum Gasteiger partial charge on any atom is -0.481 e. The number of hydrogen-bond acceptors (Lipinski definition) is 4. The van der Waals surface area contributed by atoms with E-state index < -0.39 is 29.7 Å². The zero-order valence-electron chi connectivity index (χ0n) is 18.9. The van der Waals surface area contributed by atoms with E-state index in [0.717, 1.165) is 38.5 Å². The Kier molecular flexibility index (Phi) is 9.97. The smallest absolute Gasteiger partial charge is 0.310 e. The predicted octanol–water partition coefficient (Wildman–Crippen LogP) is 3.28. The zero-order valence-corrected chi connectivity index (χ0v) is 21.0. The van der Waals surface area contributed by atoms with Gasteiger partial charge in [0.1, 0.15) is 0 Å². The van der Waals surface area contributed by atoms with Crippen LogP contribution < -0.4 is 10.6 Å². The van der Waals surface area contributed by atoms with E-state index >= 15 is 0 Å². The second kappa shape index (κ2) is 12.0. The van der Waals surface area contributed by atoms with Crippen molar-refractivity contribution in [3.8, 4) is 0 Å². The molecule has 0 aromatic rings. The van der Waals surface area contributed by atoms with Gasteiger partial charge < -0.3 is 20.8 Å². The van der Waals surface area contributed by atoms with Gasteiger partial charge in [0, 0.05) is 27.5 Å². The number of rotatable bonds is 6. The van der Waals surface area contributed by atoms with E-state index in [-0.39, 0.29) is 46.1 Å². The minimum absolute atomic E-state index is 0.00718. The second-order valence-corrected chi connectivity index (χ2v) is 11.9. The molecular formula is C23H35IN2O6. The lowest BCUT2D eigenvalue weighted by molar-refractivity contribution is -0.145. The fourth-order valence-electron chi connectivity index (χ4n) is 4.66. The molecule has 0 radical (unpaired) electrons. The standard InChI is InChI=1S/C23H35IN2O6/c1-3-25-19(27)14-10-15(12-17(22(31)32)13-16(11-14)21(29)30)20(28)26-18-6-4-8-23(2,24)9-5-7-18/h12,14,16-18H,3-11,13H2,1-2H3,(H,25,27)(H,26,28)(H,29,30)(H,31,32). The first-order valence-electron chi connectivity index (χ1n) is 11.5. The highest BCUT2D eigenvalue weighted by Gasteiger charge is 2.35. The molecule has 0 aromatic heterocycles. The molecule has 2 amide bonds. The van der Waals surface area contributed by atoms with Gasteiger partial charge in [0.25, 0.3) is 0 Å². The van der Waals surface area contributed by atoms with Crippen LogP contribution in [0.4, 0.5) is 0 Å². The Morgan fingerprint density at radius 1 is 1.06 bits per heavy atom. The van der Waals surface area contributed by atoms with E-state index in [9.17, 15) is 29.4 Å². The summed E-state index contributed by atoms with van der Waals surface area (Å²) in [5, 5.41) is 24.9. The number of amides is 2. The number of hydrogen-bond donors (Lipinski definition) is 4. The minimum atomic E-state index is -1.16. The van der Waals surface area contributed by atoms with Gasteiger partial charge in [-0.15, -0.1) is 0 Å². The third-order valence-electron chi connectivity index (χ3n) is 6.49. The van der Waals surface area contributed by atoms with Crippen molar-refractivity contribution in [2.45, 2.75) is 81.1 Å². The molecule has 2 aliphatic rings. The molecule has 2 rings (SSSR count). The Balaban J connectivity index is 2.22. The Hall–Kier alpha value is -1.65. The van der Waals surface area contributed by atoms with Gasteiger partial charge in [-0.25, -0.2) is 0 Å². The van der Waals surface area contributed by atoms with Crippen molar-refractivity contribution in [2.75, 3.05) is 6.54 Å². The second-order valence-electron chi connectivity index (χ2n) is 9.31. The number of halogens is 1. The zero-order chi connectivity index (χ0) is 23.9. The quantitative estimate of drug-likeness (QED) is 0.290. The molecule has 1 fully saturated rings. The number of carbonyl (C=O) groups is 4. The van der Waals surface area contributed by atoms with Crippen LogP contribution in [0.1, 0.15) is 71.6 Å². The van der Waals surface area contributed by atoms with Crippen molar-refractivity contribution in [2.24, 2.45) is 17.8 Å². The van der Waals surface area contributed by atoms with Gasteiger partial charge in [0.15, 0.2) is 0 Å². The van der Waals surface area contributed by atoms with E-state index in [1.807, 2.05) is 0 Å². The maximum atomic E-state index is 13.1. The van der Waals surface area contributed by atoms with Crippen molar-refractivity contribution in [1.82, 2.24) is 10.6 Å². The van der Waals surface area contributed by atoms with Crippen LogP contribution in [0, 0.1) is 17.8 Å². The molecule has 0 bridgehead atoms. The summed E-state index contributed by atoms with van der Waals surface area (Å²) in [6.07, 6.45) is 7.16. The topological polar surface area (TPSA) is 133 Å². The molecule has 180 valence electrons. The van der Waals surface area contributed by atoms with Crippen molar-refractivity contribution in [3.05, 3.63) is 11.6 Å². The van der Waals surface area contributed by atoms with Gasteiger partial charge in [-0.1, -0.05) is 48.4 Å². The van der Waals surface area contributed by atoms with Crippen molar-refractivity contribution in [3.63, 3.8) is 0 Å². The summed E-state index contributed by atoms with van der Waals surface area (Å²) in [4.78, 5) is 49.1. The first kappa shape index (κ1) is 26.6. The lowest BCUT2D eigenvalue weighted by Crippen LogP contribution is -2.40. The van der Waals surface area contributed by atoms with E-state index in [0.29, 0.717) is 6.54 Å². The molecular weight excluding hydrogens is 527 g/mol. The van der Waals surface area contributed by atoms with Gasteiger partial charge in [-0.05, 0) is 51.9 Å². The molecule has 8 nitrogen and oxygen atoms in total. The highest BCUT2D eigenvalue weighted by atomic mass is 127. The van der Waals surface area contributed by atoms with Crippen LogP contribution >= 0.6 is 22.6 Å². The third-order valence-corrected chi connectivity index (χ3v) is 7.57. The molecule has 2 aliphatic carbocycles. The summed E-state index contributed by atoms with van der Waals surface area (Å²) in [5.74, 6) is -5.67. The Morgan fingerprint density at radius 2 is 1.69 bits per heavy atom. The molecule has 0 aromatic carbocycles. The summed E-state index contributed by atoms with van der Waals surface area (Å²) in [5.41, 5.74) is 0.262. The number of nitrogens with one attached hydrogen (secondary N) is 2. The van der Waals surface area contributed by atoms with Crippen LogP contribution in [0.3, 0.4) is 0 Å². The number of carboxylic acid groups (broad SMARTS) is 2. The van der Waals surface area contributed by atoms with Crippen LogP contribution in [0.5, 0.6) is 0 Å². The van der Waals surface area contributed by atoms with Crippen molar-refractivity contribution >= 4 is 46.3 Å². The summed E-state index contributed by atoms with van der Waals surface area (Å²) in [7, 11) is 0. The largest absolute Gasteiger partial charge is 0.481 e. The third kappa shape index (κ3) is 8.04. The Bertz CT molecular complexity index is 739. The van der Waals surface area contributed by atoms with Crippen LogP contribution in [0.25, 0.3) is 0 Å². The van der Waals surface area contributed by atoms with E-state index in [2.05, 4.69) is 40.1 Å². The molecule has 0 heterocycles.